The second-order valence-corrected chi connectivity index (χ2v) is 12.1. The molecule has 9 heteroatoms. The average molecular weight is 584 g/mol. The molecule has 1 aliphatic heterocycles. The van der Waals surface area contributed by atoms with Crippen molar-refractivity contribution in [2.24, 2.45) is 5.92 Å². The van der Waals surface area contributed by atoms with Crippen molar-refractivity contribution in [3.8, 4) is 5.75 Å². The molecule has 7 rings (SSSR count). The van der Waals surface area contributed by atoms with Crippen LogP contribution in [-0.4, -0.2) is 44.6 Å². The zero-order valence-electron chi connectivity index (χ0n) is 24.0. The smallest absolute Gasteiger partial charge is 0.163 e. The molecule has 0 unspecified atom stereocenters. The number of nitrogens with one attached hydrogen (secondary N) is 1. The Hall–Kier alpha value is -3.72. The predicted octanol–water partition coefficient (Wildman–Crippen LogP) is 6.97. The third-order valence-electron chi connectivity index (χ3n) is 8.56. The Balaban J connectivity index is 1.06. The van der Waals surface area contributed by atoms with Gasteiger partial charge < -0.3 is 24.1 Å². The molecule has 0 amide bonds. The van der Waals surface area contributed by atoms with Crippen LogP contribution in [0.25, 0.3) is 21.9 Å². The molecule has 3 aromatic heterocycles. The van der Waals surface area contributed by atoms with E-state index < -0.39 is 5.79 Å². The van der Waals surface area contributed by atoms with E-state index in [2.05, 4.69) is 62.4 Å². The summed E-state index contributed by atoms with van der Waals surface area (Å²) in [4.78, 5) is 13.6. The Morgan fingerprint density at radius 2 is 1.79 bits per heavy atom. The highest BCUT2D eigenvalue weighted by molar-refractivity contribution is 6.33. The summed E-state index contributed by atoms with van der Waals surface area (Å²) in [7, 11) is 1.68. The average Bonchev–Trinajstić information content (AvgIpc) is 3.66. The first-order valence-electron chi connectivity index (χ1n) is 14.5. The Morgan fingerprint density at radius 1 is 1.00 bits per heavy atom. The summed E-state index contributed by atoms with van der Waals surface area (Å²) in [6.07, 6.45) is 6.42. The van der Waals surface area contributed by atoms with Crippen LogP contribution in [0.2, 0.25) is 5.15 Å². The van der Waals surface area contributed by atoms with Crippen molar-refractivity contribution in [3.63, 3.8) is 0 Å². The topological polar surface area (TPSA) is 83.3 Å². The summed E-state index contributed by atoms with van der Waals surface area (Å²) in [5, 5.41) is 5.91. The van der Waals surface area contributed by atoms with Crippen LogP contribution in [0.3, 0.4) is 0 Å². The third-order valence-corrected chi connectivity index (χ3v) is 8.86. The fourth-order valence-corrected chi connectivity index (χ4v) is 6.72. The van der Waals surface area contributed by atoms with Gasteiger partial charge in [-0.1, -0.05) is 35.9 Å². The van der Waals surface area contributed by atoms with Crippen LogP contribution in [0, 0.1) is 5.92 Å². The zero-order chi connectivity index (χ0) is 28.8. The number of aryl methyl sites for hydroxylation is 1. The van der Waals surface area contributed by atoms with Gasteiger partial charge in [0.15, 0.2) is 5.79 Å². The minimum atomic E-state index is -0.621. The van der Waals surface area contributed by atoms with Gasteiger partial charge in [0.05, 0.1) is 30.2 Å². The number of nitrogens with zero attached hydrogens (tertiary/aromatic N) is 4. The van der Waals surface area contributed by atoms with Crippen LogP contribution in [0.15, 0.2) is 73.2 Å². The van der Waals surface area contributed by atoms with E-state index in [-0.39, 0.29) is 18.2 Å². The number of methoxy groups -OCH3 is 1. The van der Waals surface area contributed by atoms with Gasteiger partial charge in [-0.15, -0.1) is 0 Å². The van der Waals surface area contributed by atoms with Crippen LogP contribution in [0.5, 0.6) is 5.75 Å². The quantitative estimate of drug-likeness (QED) is 0.198. The van der Waals surface area contributed by atoms with E-state index >= 15 is 0 Å². The number of fused-ring (bicyclic) bond motifs is 3. The molecule has 0 radical (unpaired) electrons. The van der Waals surface area contributed by atoms with Gasteiger partial charge in [-0.25, -0.2) is 15.0 Å². The largest absolute Gasteiger partial charge is 0.497 e. The number of pyridine rings is 1. The molecule has 42 heavy (non-hydrogen) atoms. The standard InChI is InChI=1S/C33H34ClN5O3/c1-33(2)41-29-23(17-27(30(29)42-33)39-15-14-25-31(34)36-19-37-32(25)39)9-5-20-4-8-22-10-13-28(38-26(22)16-20)35-18-21-6-11-24(40-3)12-7-21/h4,6-8,10-16,19,23,27,29-30H,5,9,17-18H2,1-3H3,(H,35,38)/t23-,27+,29+,30-/m0/s1. The molecule has 1 N–H and O–H groups in total. The number of anilines is 1. The number of rotatable bonds is 8. The molecule has 4 heterocycles. The van der Waals surface area contributed by atoms with Crippen molar-refractivity contribution in [1.29, 1.82) is 0 Å². The molecule has 4 atom stereocenters. The number of aromatic nitrogens is 4. The maximum absolute atomic E-state index is 6.48. The molecule has 8 nitrogen and oxygen atoms in total. The molecule has 1 saturated carbocycles. The lowest BCUT2D eigenvalue weighted by Gasteiger charge is -2.24. The Labute approximate surface area is 250 Å². The van der Waals surface area contributed by atoms with Gasteiger partial charge >= 0.3 is 0 Å². The normalized spacial score (nSPS) is 23.0. The lowest BCUT2D eigenvalue weighted by molar-refractivity contribution is -0.160. The minimum absolute atomic E-state index is 0.0205. The zero-order valence-corrected chi connectivity index (χ0v) is 24.7. The maximum Gasteiger partial charge on any atom is 0.163 e. The van der Waals surface area contributed by atoms with Crippen LogP contribution in [-0.2, 0) is 22.4 Å². The van der Waals surface area contributed by atoms with Gasteiger partial charge in [0, 0.05) is 18.1 Å². The lowest BCUT2D eigenvalue weighted by Crippen LogP contribution is -2.27. The molecule has 2 aromatic carbocycles. The first-order valence-corrected chi connectivity index (χ1v) is 14.8. The molecule has 2 fully saturated rings. The van der Waals surface area contributed by atoms with Crippen molar-refractivity contribution in [2.45, 2.75) is 63.7 Å². The number of benzene rings is 2. The van der Waals surface area contributed by atoms with Crippen LogP contribution >= 0.6 is 11.6 Å². The van der Waals surface area contributed by atoms with E-state index in [0.717, 1.165) is 52.8 Å². The van der Waals surface area contributed by atoms with Gasteiger partial charge in [0.2, 0.25) is 0 Å². The first kappa shape index (κ1) is 27.1. The Kier molecular flexibility index (Phi) is 7.00. The van der Waals surface area contributed by atoms with Crippen molar-refractivity contribution >= 4 is 39.4 Å². The summed E-state index contributed by atoms with van der Waals surface area (Å²) >= 11 is 6.35. The van der Waals surface area contributed by atoms with Crippen molar-refractivity contribution in [3.05, 3.63) is 89.5 Å². The summed E-state index contributed by atoms with van der Waals surface area (Å²) in [6.45, 7) is 4.70. The van der Waals surface area contributed by atoms with Gasteiger partial charge in [-0.2, -0.15) is 0 Å². The Bertz CT molecular complexity index is 1740. The van der Waals surface area contributed by atoms with E-state index in [1.165, 1.54) is 17.5 Å². The number of halogens is 1. The van der Waals surface area contributed by atoms with Gasteiger partial charge in [0.1, 0.15) is 34.8 Å². The first-order chi connectivity index (χ1) is 20.4. The van der Waals surface area contributed by atoms with Crippen LogP contribution < -0.4 is 10.1 Å². The number of hydrogen-bond donors (Lipinski definition) is 1. The molecular weight excluding hydrogens is 550 g/mol. The number of ether oxygens (including phenoxy) is 3. The van der Waals surface area contributed by atoms with E-state index in [1.54, 1.807) is 7.11 Å². The van der Waals surface area contributed by atoms with E-state index in [1.807, 2.05) is 38.1 Å². The predicted molar refractivity (Wildman–Crippen MR) is 164 cm³/mol. The number of hydrogen-bond acceptors (Lipinski definition) is 7. The Morgan fingerprint density at radius 3 is 2.62 bits per heavy atom. The van der Waals surface area contributed by atoms with Gasteiger partial charge in [-0.3, -0.25) is 0 Å². The molecule has 1 aliphatic carbocycles. The van der Waals surface area contributed by atoms with E-state index in [0.29, 0.717) is 17.6 Å². The van der Waals surface area contributed by atoms with Crippen molar-refractivity contribution in [1.82, 2.24) is 19.5 Å². The third kappa shape index (κ3) is 5.19. The molecule has 0 spiro atoms. The fraction of sp³-hybridized carbons (Fsp3) is 0.364. The summed E-state index contributed by atoms with van der Waals surface area (Å²) in [5.41, 5.74) is 4.27. The lowest BCUT2D eigenvalue weighted by atomic mass is 9.95. The second kappa shape index (κ2) is 10.8. The van der Waals surface area contributed by atoms with Crippen molar-refractivity contribution < 1.29 is 14.2 Å². The van der Waals surface area contributed by atoms with Gasteiger partial charge in [0.25, 0.3) is 0 Å². The van der Waals surface area contributed by atoms with Gasteiger partial charge in [-0.05, 0) is 86.6 Å². The van der Waals surface area contributed by atoms with Crippen LogP contribution in [0.1, 0.15) is 43.9 Å². The summed E-state index contributed by atoms with van der Waals surface area (Å²) in [5.74, 6) is 1.44. The highest BCUT2D eigenvalue weighted by Crippen LogP contribution is 2.49. The molecule has 5 aromatic rings. The van der Waals surface area contributed by atoms with E-state index in [9.17, 15) is 0 Å². The fourth-order valence-electron chi connectivity index (χ4n) is 6.52. The minimum Gasteiger partial charge on any atom is -0.497 e. The van der Waals surface area contributed by atoms with Crippen molar-refractivity contribution in [2.75, 3.05) is 12.4 Å². The monoisotopic (exact) mass is 583 g/mol. The molecular formula is C33H34ClN5O3. The molecule has 1 saturated heterocycles. The van der Waals surface area contributed by atoms with Crippen LogP contribution in [0.4, 0.5) is 5.82 Å². The SMILES string of the molecule is COc1ccc(CNc2ccc3ccc(CC[C@H]4C[C@@H](n5ccc6c(Cl)ncnc65)[C@@H]5OC(C)(C)O[C@H]45)cc3n2)cc1. The highest BCUT2D eigenvalue weighted by atomic mass is 35.5. The second-order valence-electron chi connectivity index (χ2n) is 11.7. The summed E-state index contributed by atoms with van der Waals surface area (Å²) < 4.78 is 20.4. The molecule has 216 valence electrons. The molecule has 2 aliphatic rings. The summed E-state index contributed by atoms with van der Waals surface area (Å²) in [6, 6.07) is 20.9. The highest BCUT2D eigenvalue weighted by Gasteiger charge is 2.54. The maximum atomic E-state index is 6.48. The van der Waals surface area contributed by atoms with E-state index in [4.69, 9.17) is 30.8 Å². The molecule has 0 bridgehead atoms.